The SMILES string of the molecule is CCC(C)c1ccc(O)cc1.CCC(C)c1ccc(O)cc1.CCC(C)c1ccc(OC(C)OC2C3CC4CC(C3)CC2C4)cc1.CCC(C)c1ccc(OC(C)OCCOC)cc1.CCC(C)c1ccc(OC(OC)C(C)(C)C)cc1.CCC(C)c1ccc(OS(=O)(=O)C(F)(F)C(F)(F)C(F)(F)S(=O)(=O)[N-]C(F)(F)F)cc1.c1ccc([S+](c2ccccc2)c2ccccc2)cc1. The van der Waals surface area contributed by atoms with Crippen molar-refractivity contribution >= 4 is 31.0 Å². The third kappa shape index (κ3) is 33.9. The smallest absolute Gasteiger partial charge is 0.450 e. The number of phenols is 2. The number of nitrogens with zero attached hydrogens (tertiary/aromatic N) is 1. The average molecular weight is 1910 g/mol. The van der Waals surface area contributed by atoms with E-state index in [1.165, 1.54) is 81.0 Å². The lowest BCUT2D eigenvalue weighted by Gasteiger charge is -2.54. The second-order valence-electron chi connectivity index (χ2n) is 35.1. The molecule has 4 fully saturated rings. The van der Waals surface area contributed by atoms with Gasteiger partial charge < -0.3 is 52.3 Å². The Labute approximate surface area is 782 Å². The molecule has 13 rings (SSSR count). The summed E-state index contributed by atoms with van der Waals surface area (Å²) in [6.07, 6.45) is 6.87. The second kappa shape index (κ2) is 52.9. The molecule has 4 saturated carbocycles. The Morgan fingerprint density at radius 3 is 0.970 bits per heavy atom. The van der Waals surface area contributed by atoms with Gasteiger partial charge in [0.05, 0.1) is 30.2 Å². The number of hydrogen-bond donors (Lipinski definition) is 2. The number of sulfonamides is 1. The fourth-order valence-corrected chi connectivity index (χ4v) is 19.1. The van der Waals surface area contributed by atoms with Crippen molar-refractivity contribution in [1.29, 1.82) is 0 Å². The maximum absolute atomic E-state index is 13.9. The third-order valence-corrected chi connectivity index (χ3v) is 28.9. The van der Waals surface area contributed by atoms with Crippen LogP contribution in [0.1, 0.15) is 257 Å². The fraction of sp³-hybridized carbons (Fsp3) is 0.486. The molecule has 9 aromatic rings. The van der Waals surface area contributed by atoms with Gasteiger partial charge in [-0.3, -0.25) is 0 Å². The molecule has 0 radical (unpaired) electrons. The number of hydrogen-bond acceptors (Lipinski definition) is 14. The minimum atomic E-state index is -7.69. The van der Waals surface area contributed by atoms with Crippen molar-refractivity contribution in [3.8, 4) is 34.5 Å². The van der Waals surface area contributed by atoms with E-state index in [4.69, 9.17) is 43.4 Å². The summed E-state index contributed by atoms with van der Waals surface area (Å²) in [6, 6.07) is 75.9. The Bertz CT molecular complexity index is 4800. The van der Waals surface area contributed by atoms with Crippen molar-refractivity contribution in [2.24, 2.45) is 29.1 Å². The molecule has 2 N–H and O–H groups in total. The van der Waals surface area contributed by atoms with Crippen LogP contribution in [0.2, 0.25) is 0 Å². The molecule has 4 bridgehead atoms. The van der Waals surface area contributed by atoms with Crippen LogP contribution in [0, 0.1) is 29.1 Å². The zero-order valence-corrected chi connectivity index (χ0v) is 82.1. The van der Waals surface area contributed by atoms with E-state index in [0.29, 0.717) is 77.1 Å². The van der Waals surface area contributed by atoms with Gasteiger partial charge in [-0.25, -0.2) is 8.42 Å². The summed E-state index contributed by atoms with van der Waals surface area (Å²) in [5, 5.41) is 3.75. The van der Waals surface area contributed by atoms with E-state index in [-0.39, 0.29) is 41.1 Å². The van der Waals surface area contributed by atoms with Crippen LogP contribution < -0.4 is 18.4 Å². The highest BCUT2D eigenvalue weighted by atomic mass is 32.2. The number of ether oxygens (including phenoxy) is 7. The number of alkyl halides is 9. The standard InChI is InChI=1S/C22H32O2.C18H15S.C16H26O2.C15H24O3.C14H13F9NO5S2.2C10H14O/c1-4-14(2)18-5-7-21(8-6-18)23-15(3)24-22-19-10-16-9-17(12-19)13-20(22)11-16;1-4-10-16(11-5-1)19(17-12-6-2-7-13-17)18-14-8-3-9-15-18;1-7-12(2)13-8-10-14(11-9-13)18-15(17-6)16(3,4)5;1-5-12(2)14-6-8-15(9-7-14)18-13(3)17-11-10-16-4;1-3-8(2)9-4-6-10(7-5-9)29-31(27,28)13(19,20)11(15,16)12(17,18)30(25,26)24-14(21,22)23;2*1-3-8(2)9-4-6-10(11)7-5-9/h5-8,14-17,19-20,22H,4,9-13H2,1-3H3;1-15H;8-12,15H,7H2,1-6H3;6-9,12-13H,5,10-11H2,1-4H3;4-8H,3H2,1-2H3;2*4-8,11H,3H2,1-2H3/q;+1;;;-1;;. The average Bonchev–Trinajstić information content (AvgIpc) is 0.715. The Morgan fingerprint density at radius 1 is 0.386 bits per heavy atom. The van der Waals surface area contributed by atoms with Crippen molar-refractivity contribution in [3.05, 3.63) is 275 Å². The molecular weight excluding hydrogens is 1770 g/mol. The summed E-state index contributed by atoms with van der Waals surface area (Å²) in [7, 11) is -11.4. The largest absolute Gasteiger partial charge is 0.508 e. The Hall–Kier alpha value is -8.80. The van der Waals surface area contributed by atoms with Crippen LogP contribution >= 0.6 is 0 Å². The van der Waals surface area contributed by atoms with Gasteiger partial charge >= 0.3 is 32.9 Å². The van der Waals surface area contributed by atoms with E-state index in [9.17, 15) is 56.3 Å². The van der Waals surface area contributed by atoms with Gasteiger partial charge in [0.1, 0.15) is 34.5 Å². The fourth-order valence-electron chi connectivity index (χ4n) is 15.2. The van der Waals surface area contributed by atoms with Crippen LogP contribution in [0.15, 0.2) is 251 Å². The highest BCUT2D eigenvalue weighted by Gasteiger charge is 2.81. The first-order valence-electron chi connectivity index (χ1n) is 45.5. The van der Waals surface area contributed by atoms with E-state index >= 15 is 0 Å². The normalized spacial score (nSPS) is 18.0. The predicted molar refractivity (Wildman–Crippen MR) is 509 cm³/mol. The van der Waals surface area contributed by atoms with Crippen LogP contribution in [0.25, 0.3) is 4.72 Å². The molecule has 9 unspecified atom stereocenters. The van der Waals surface area contributed by atoms with Crippen LogP contribution in [-0.2, 0) is 50.0 Å². The number of halogens is 9. The van der Waals surface area contributed by atoms with Gasteiger partial charge in [-0.15, -0.1) is 0 Å². The molecule has 4 aliphatic carbocycles. The molecular formula is C105H138F9NO14S3. The van der Waals surface area contributed by atoms with Crippen LogP contribution in [0.4, 0.5) is 39.5 Å². The highest BCUT2D eigenvalue weighted by molar-refractivity contribution is 7.97. The number of rotatable bonds is 35. The summed E-state index contributed by atoms with van der Waals surface area (Å²) in [6.45, 7) is 37.0. The summed E-state index contributed by atoms with van der Waals surface area (Å²) in [5.41, 5.74) is 7.18. The van der Waals surface area contributed by atoms with Crippen molar-refractivity contribution in [2.45, 2.75) is 286 Å². The van der Waals surface area contributed by atoms with Gasteiger partial charge in [-0.1, -0.05) is 231 Å². The summed E-state index contributed by atoms with van der Waals surface area (Å²) < 4.78 is 207. The van der Waals surface area contributed by atoms with E-state index in [1.54, 1.807) is 52.3 Å². The summed E-state index contributed by atoms with van der Waals surface area (Å²) in [4.78, 5) is 4.08. The Balaban J connectivity index is 0.000000243. The van der Waals surface area contributed by atoms with E-state index in [1.807, 2.05) is 55.5 Å². The highest BCUT2D eigenvalue weighted by Crippen LogP contribution is 2.56. The molecule has 0 aliphatic heterocycles. The van der Waals surface area contributed by atoms with Crippen molar-refractivity contribution in [3.63, 3.8) is 0 Å². The van der Waals surface area contributed by atoms with Gasteiger partial charge in [0.2, 0.25) is 6.29 Å². The lowest BCUT2D eigenvalue weighted by molar-refractivity contribution is -0.245. The molecule has 15 nitrogen and oxygen atoms in total. The first kappa shape index (κ1) is 112. The molecule has 0 heterocycles. The molecule has 0 spiro atoms. The zero-order valence-electron chi connectivity index (χ0n) is 79.7. The maximum atomic E-state index is 13.9. The van der Waals surface area contributed by atoms with Crippen LogP contribution in [0.3, 0.4) is 0 Å². The van der Waals surface area contributed by atoms with Crippen LogP contribution in [0.5, 0.6) is 34.5 Å². The molecule has 27 heteroatoms. The molecule has 0 amide bonds. The molecule has 728 valence electrons. The van der Waals surface area contributed by atoms with E-state index in [0.717, 1.165) is 90.9 Å². The minimum absolute atomic E-state index is 0.0146. The second-order valence-corrected chi connectivity index (χ2v) is 40.3. The molecule has 4 aliphatic rings. The molecule has 0 saturated heterocycles. The van der Waals surface area contributed by atoms with E-state index < -0.39 is 48.6 Å². The number of phenolic OH excluding ortho intramolecular Hbond substituents is 2. The first-order chi connectivity index (χ1) is 62.2. The van der Waals surface area contributed by atoms with Crippen LogP contribution in [-0.4, -0.2) is 102 Å². The van der Waals surface area contributed by atoms with Gasteiger partial charge in [0.15, 0.2) is 37.3 Å². The lowest BCUT2D eigenvalue weighted by atomic mass is 9.55. The van der Waals surface area contributed by atoms with Crippen molar-refractivity contribution < 1.29 is 104 Å². The third-order valence-electron chi connectivity index (χ3n) is 24.0. The van der Waals surface area contributed by atoms with Crippen molar-refractivity contribution in [1.82, 2.24) is 0 Å². The van der Waals surface area contributed by atoms with Gasteiger partial charge in [-0.2, -0.15) is 47.9 Å². The van der Waals surface area contributed by atoms with E-state index in [2.05, 4.69) is 241 Å². The van der Waals surface area contributed by atoms with Gasteiger partial charge in [-0.05, 0) is 286 Å². The maximum Gasteiger partial charge on any atom is 0.450 e. The topological polar surface area (TPSA) is 197 Å². The van der Waals surface area contributed by atoms with Gasteiger partial charge in [0, 0.05) is 19.6 Å². The molecule has 0 aromatic heterocycles. The van der Waals surface area contributed by atoms with Crippen molar-refractivity contribution in [2.75, 3.05) is 27.4 Å². The monoisotopic (exact) mass is 1900 g/mol. The Kier molecular flexibility index (Phi) is 44.9. The summed E-state index contributed by atoms with van der Waals surface area (Å²) >= 11 is 0. The Morgan fingerprint density at radius 2 is 0.682 bits per heavy atom. The first-order valence-corrected chi connectivity index (χ1v) is 49.6. The minimum Gasteiger partial charge on any atom is -0.508 e. The quantitative estimate of drug-likeness (QED) is 0.00950. The van der Waals surface area contributed by atoms with Gasteiger partial charge in [0.25, 0.3) is 0 Å². The lowest BCUT2D eigenvalue weighted by Crippen LogP contribution is -2.61. The molecule has 132 heavy (non-hydrogen) atoms. The molecule has 9 aromatic carbocycles. The number of benzene rings is 9. The number of aromatic hydroxyl groups is 2. The predicted octanol–water partition coefficient (Wildman–Crippen LogP) is 29.5. The summed E-state index contributed by atoms with van der Waals surface area (Å²) in [5.74, 6) is 1.34. The zero-order chi connectivity index (χ0) is 98.0. The number of methoxy groups -OCH3 is 2. The molecule has 9 atom stereocenters.